The van der Waals surface area contributed by atoms with Gasteiger partial charge in [-0.3, -0.25) is 16.4 Å². The van der Waals surface area contributed by atoms with E-state index in [0.29, 0.717) is 11.7 Å². The van der Waals surface area contributed by atoms with Gasteiger partial charge in [-0.25, -0.2) is 14.2 Å². The predicted molar refractivity (Wildman–Crippen MR) is 134 cm³/mol. The zero-order valence-electron chi connectivity index (χ0n) is 20.9. The number of nitrogens with two attached hydrogens (primary N) is 3. The van der Waals surface area contributed by atoms with Crippen LogP contribution >= 0.6 is 0 Å². The van der Waals surface area contributed by atoms with E-state index in [4.69, 9.17) is 21.9 Å². The smallest absolute Gasteiger partial charge is 0.167 e. The van der Waals surface area contributed by atoms with Crippen LogP contribution in [0.15, 0.2) is 18.2 Å². The third-order valence-corrected chi connectivity index (χ3v) is 8.12. The summed E-state index contributed by atoms with van der Waals surface area (Å²) in [6.45, 7) is 5.10. The Morgan fingerprint density at radius 1 is 0.941 bits per heavy atom. The second-order valence-electron chi connectivity index (χ2n) is 10.0. The van der Waals surface area contributed by atoms with Crippen LogP contribution in [0.2, 0.25) is 0 Å². The molecule has 1 aliphatic carbocycles. The molecular weight excluding hydrogens is 433 g/mol. The normalized spacial score (nSPS) is 30.9. The van der Waals surface area contributed by atoms with Crippen molar-refractivity contribution in [3.63, 3.8) is 0 Å². The highest BCUT2D eigenvalue weighted by Gasteiger charge is 2.46. The van der Waals surface area contributed by atoms with Gasteiger partial charge >= 0.3 is 0 Å². The molecule has 0 amide bonds. The standard InChI is InChI=1S/C25H44FN7O/c1-3-30-15-9-12-20(30)17-31-23(27)32(18-10-7-5-4-6-8-11-18)25(29)33(24(31)28)19-13-14-22(34-2)21(26)16-19/h13-14,16,18,20,23-25H,3-12,15,17,27-29H2,1-2H3. The van der Waals surface area contributed by atoms with Crippen molar-refractivity contribution in [2.24, 2.45) is 17.2 Å². The third kappa shape index (κ3) is 5.20. The van der Waals surface area contributed by atoms with Gasteiger partial charge in [0.1, 0.15) is 18.9 Å². The van der Waals surface area contributed by atoms with Gasteiger partial charge in [-0.1, -0.05) is 39.0 Å². The Balaban J connectivity index is 1.67. The van der Waals surface area contributed by atoms with Crippen LogP contribution in [0.1, 0.15) is 64.7 Å². The molecule has 3 aliphatic rings. The topological polar surface area (TPSA) is 100 Å². The molecule has 3 fully saturated rings. The highest BCUT2D eigenvalue weighted by molar-refractivity contribution is 5.51. The summed E-state index contributed by atoms with van der Waals surface area (Å²) in [5.41, 5.74) is 21.4. The second-order valence-corrected chi connectivity index (χ2v) is 10.0. The Morgan fingerprint density at radius 2 is 1.65 bits per heavy atom. The maximum absolute atomic E-state index is 14.7. The Morgan fingerprint density at radius 3 is 2.29 bits per heavy atom. The fraction of sp³-hybridized carbons (Fsp3) is 0.760. The molecule has 2 heterocycles. The minimum atomic E-state index is -0.554. The lowest BCUT2D eigenvalue weighted by molar-refractivity contribution is -0.0933. The molecule has 1 aromatic carbocycles. The molecule has 0 radical (unpaired) electrons. The van der Waals surface area contributed by atoms with Gasteiger partial charge < -0.3 is 15.4 Å². The molecule has 192 valence electrons. The van der Waals surface area contributed by atoms with Crippen LogP contribution in [0.4, 0.5) is 10.1 Å². The molecule has 1 aromatic rings. The number of likely N-dealkylation sites (N-methyl/N-ethyl adjacent to an activating group) is 1. The van der Waals surface area contributed by atoms with E-state index in [9.17, 15) is 4.39 Å². The first-order chi connectivity index (χ1) is 16.5. The first kappa shape index (κ1) is 25.6. The molecule has 0 aromatic heterocycles. The second kappa shape index (κ2) is 11.5. The lowest BCUT2D eigenvalue weighted by atomic mass is 9.95. The SMILES string of the molecule is CCN1CCCC1CN1C(N)N(c2ccc(OC)c(F)c2)C(N)N(C2CCCCCCC2)C1N. The lowest BCUT2D eigenvalue weighted by Gasteiger charge is -2.57. The van der Waals surface area contributed by atoms with Crippen molar-refractivity contribution in [2.45, 2.75) is 95.7 Å². The summed E-state index contributed by atoms with van der Waals surface area (Å²) in [5.74, 6) is -0.218. The summed E-state index contributed by atoms with van der Waals surface area (Å²) < 4.78 is 19.8. The number of benzene rings is 1. The number of likely N-dealkylation sites (tertiary alicyclic amines) is 1. The van der Waals surface area contributed by atoms with Crippen LogP contribution in [-0.4, -0.2) is 72.4 Å². The fourth-order valence-corrected chi connectivity index (χ4v) is 6.21. The maximum Gasteiger partial charge on any atom is 0.167 e. The Hall–Kier alpha value is -1.49. The van der Waals surface area contributed by atoms with E-state index in [2.05, 4.69) is 21.6 Å². The summed E-state index contributed by atoms with van der Waals surface area (Å²) in [6.07, 6.45) is 9.14. The minimum absolute atomic E-state index is 0.206. The average Bonchev–Trinajstić information content (AvgIpc) is 3.25. The molecule has 2 aliphatic heterocycles. The highest BCUT2D eigenvalue weighted by atomic mass is 19.1. The summed E-state index contributed by atoms with van der Waals surface area (Å²) in [5, 5.41) is 0. The fourth-order valence-electron chi connectivity index (χ4n) is 6.21. The summed E-state index contributed by atoms with van der Waals surface area (Å²) in [4.78, 5) is 8.84. The van der Waals surface area contributed by atoms with Crippen molar-refractivity contribution in [1.29, 1.82) is 0 Å². The van der Waals surface area contributed by atoms with Gasteiger partial charge in [0, 0.05) is 30.4 Å². The van der Waals surface area contributed by atoms with Gasteiger partial charge in [0.2, 0.25) is 0 Å². The summed E-state index contributed by atoms with van der Waals surface area (Å²) >= 11 is 0. The number of nitrogens with zero attached hydrogens (tertiary/aromatic N) is 4. The van der Waals surface area contributed by atoms with E-state index >= 15 is 0 Å². The van der Waals surface area contributed by atoms with E-state index in [-0.39, 0.29) is 18.1 Å². The largest absolute Gasteiger partial charge is 0.494 e. The number of anilines is 1. The summed E-state index contributed by atoms with van der Waals surface area (Å²) in [7, 11) is 1.47. The molecule has 1 saturated carbocycles. The van der Waals surface area contributed by atoms with Gasteiger partial charge in [0.25, 0.3) is 0 Å². The average molecular weight is 478 g/mol. The van der Waals surface area contributed by atoms with Gasteiger partial charge in [0.15, 0.2) is 11.6 Å². The zero-order chi connectivity index (χ0) is 24.2. The van der Waals surface area contributed by atoms with Crippen molar-refractivity contribution in [3.8, 4) is 5.75 Å². The lowest BCUT2D eigenvalue weighted by Crippen LogP contribution is -2.80. The first-order valence-corrected chi connectivity index (χ1v) is 13.1. The predicted octanol–water partition coefficient (Wildman–Crippen LogP) is 2.58. The van der Waals surface area contributed by atoms with E-state index in [1.54, 1.807) is 6.07 Å². The van der Waals surface area contributed by atoms with Crippen molar-refractivity contribution < 1.29 is 9.13 Å². The van der Waals surface area contributed by atoms with Gasteiger partial charge in [-0.15, -0.1) is 0 Å². The van der Waals surface area contributed by atoms with E-state index in [1.165, 1.54) is 51.7 Å². The Labute approximate surface area is 204 Å². The Bertz CT molecular complexity index is 791. The molecule has 4 unspecified atom stereocenters. The third-order valence-electron chi connectivity index (χ3n) is 8.12. The molecule has 8 nitrogen and oxygen atoms in total. The van der Waals surface area contributed by atoms with Crippen molar-refractivity contribution in [2.75, 3.05) is 31.6 Å². The number of methoxy groups -OCH3 is 1. The van der Waals surface area contributed by atoms with Crippen molar-refractivity contribution in [1.82, 2.24) is 14.7 Å². The molecule has 0 bridgehead atoms. The molecule has 0 spiro atoms. The van der Waals surface area contributed by atoms with Crippen LogP contribution in [0.3, 0.4) is 0 Å². The molecule has 4 rings (SSSR count). The van der Waals surface area contributed by atoms with Gasteiger partial charge in [-0.05, 0) is 50.9 Å². The van der Waals surface area contributed by atoms with Crippen LogP contribution in [0, 0.1) is 5.82 Å². The first-order valence-electron chi connectivity index (χ1n) is 13.1. The van der Waals surface area contributed by atoms with Crippen molar-refractivity contribution >= 4 is 5.69 Å². The maximum atomic E-state index is 14.7. The van der Waals surface area contributed by atoms with Crippen LogP contribution in [0.25, 0.3) is 0 Å². The zero-order valence-corrected chi connectivity index (χ0v) is 20.9. The highest BCUT2D eigenvalue weighted by Crippen LogP contribution is 2.34. The number of hydrogen-bond donors (Lipinski definition) is 3. The number of ether oxygens (including phenoxy) is 1. The number of hydrogen-bond acceptors (Lipinski definition) is 8. The van der Waals surface area contributed by atoms with E-state index < -0.39 is 18.4 Å². The molecule has 6 N–H and O–H groups in total. The van der Waals surface area contributed by atoms with E-state index in [0.717, 1.165) is 38.9 Å². The summed E-state index contributed by atoms with van der Waals surface area (Å²) in [6, 6.07) is 5.62. The van der Waals surface area contributed by atoms with Gasteiger partial charge in [0.05, 0.1) is 7.11 Å². The quantitative estimate of drug-likeness (QED) is 0.575. The number of halogens is 1. The van der Waals surface area contributed by atoms with Crippen LogP contribution in [0.5, 0.6) is 5.75 Å². The molecule has 34 heavy (non-hydrogen) atoms. The molecule has 4 atom stereocenters. The monoisotopic (exact) mass is 477 g/mol. The Kier molecular flexibility index (Phi) is 8.66. The molecular formula is C25H44FN7O. The molecule has 2 saturated heterocycles. The minimum Gasteiger partial charge on any atom is -0.494 e. The number of rotatable bonds is 6. The van der Waals surface area contributed by atoms with Crippen LogP contribution in [-0.2, 0) is 0 Å². The molecule has 9 heteroatoms. The van der Waals surface area contributed by atoms with Crippen molar-refractivity contribution in [3.05, 3.63) is 24.0 Å². The van der Waals surface area contributed by atoms with E-state index in [1.807, 2.05) is 11.0 Å². The van der Waals surface area contributed by atoms with Crippen LogP contribution < -0.4 is 26.8 Å². The van der Waals surface area contributed by atoms with Gasteiger partial charge in [-0.2, -0.15) is 0 Å².